The van der Waals surface area contributed by atoms with E-state index < -0.39 is 0 Å². The monoisotopic (exact) mass is 194 g/mol. The minimum absolute atomic E-state index is 1.25. The molecule has 15 heavy (non-hydrogen) atoms. The standard InChI is InChI=1S/C15H14/c1-2-7-13-8-6-11-15(12-13)14-9-4-3-5-10-14/h2-12H,1H3/b7-2-. The smallest absolute Gasteiger partial charge is 0.0178 e. The lowest BCUT2D eigenvalue weighted by Crippen LogP contribution is -1.78. The van der Waals surface area contributed by atoms with E-state index in [1.165, 1.54) is 16.7 Å². The molecule has 0 bridgehead atoms. The molecule has 0 amide bonds. The summed E-state index contributed by atoms with van der Waals surface area (Å²) in [5, 5.41) is 0. The first-order valence-corrected chi connectivity index (χ1v) is 5.18. The van der Waals surface area contributed by atoms with Crippen molar-refractivity contribution < 1.29 is 0 Å². The van der Waals surface area contributed by atoms with Gasteiger partial charge in [0.1, 0.15) is 0 Å². The van der Waals surface area contributed by atoms with E-state index in [1.807, 2.05) is 13.0 Å². The van der Waals surface area contributed by atoms with Crippen LogP contribution in [0.2, 0.25) is 0 Å². The van der Waals surface area contributed by atoms with E-state index in [0.29, 0.717) is 0 Å². The molecular formula is C15H14. The van der Waals surface area contributed by atoms with Crippen LogP contribution in [0.3, 0.4) is 0 Å². The van der Waals surface area contributed by atoms with Crippen molar-refractivity contribution in [3.05, 3.63) is 66.2 Å². The van der Waals surface area contributed by atoms with Crippen molar-refractivity contribution in [1.29, 1.82) is 0 Å². The van der Waals surface area contributed by atoms with Gasteiger partial charge in [0.25, 0.3) is 0 Å². The summed E-state index contributed by atoms with van der Waals surface area (Å²) in [4.78, 5) is 0. The van der Waals surface area contributed by atoms with Crippen LogP contribution in [0, 0.1) is 0 Å². The molecular weight excluding hydrogens is 180 g/mol. The molecule has 0 saturated heterocycles. The zero-order valence-electron chi connectivity index (χ0n) is 8.85. The van der Waals surface area contributed by atoms with Gasteiger partial charge in [-0.15, -0.1) is 0 Å². The molecule has 74 valence electrons. The molecule has 0 aliphatic heterocycles. The molecule has 0 heterocycles. The topological polar surface area (TPSA) is 0 Å². The van der Waals surface area contributed by atoms with Crippen LogP contribution in [0.15, 0.2) is 60.7 Å². The Morgan fingerprint density at radius 1 is 0.800 bits per heavy atom. The van der Waals surface area contributed by atoms with Gasteiger partial charge in [0.15, 0.2) is 0 Å². The van der Waals surface area contributed by atoms with Crippen molar-refractivity contribution in [2.24, 2.45) is 0 Å². The maximum Gasteiger partial charge on any atom is -0.0178 e. The Hall–Kier alpha value is -1.82. The van der Waals surface area contributed by atoms with Crippen molar-refractivity contribution >= 4 is 6.08 Å². The Balaban J connectivity index is 2.41. The lowest BCUT2D eigenvalue weighted by Gasteiger charge is -2.02. The number of benzene rings is 2. The number of rotatable bonds is 2. The maximum absolute atomic E-state index is 2.20. The van der Waals surface area contributed by atoms with E-state index >= 15 is 0 Å². The summed E-state index contributed by atoms with van der Waals surface area (Å²) < 4.78 is 0. The van der Waals surface area contributed by atoms with Crippen molar-refractivity contribution in [1.82, 2.24) is 0 Å². The van der Waals surface area contributed by atoms with Crippen LogP contribution in [0.1, 0.15) is 12.5 Å². The van der Waals surface area contributed by atoms with E-state index in [1.54, 1.807) is 0 Å². The van der Waals surface area contributed by atoms with Gasteiger partial charge in [0.05, 0.1) is 0 Å². The average molecular weight is 194 g/mol. The van der Waals surface area contributed by atoms with Gasteiger partial charge in [-0.25, -0.2) is 0 Å². The molecule has 0 saturated carbocycles. The molecule has 2 rings (SSSR count). The molecule has 0 atom stereocenters. The summed E-state index contributed by atoms with van der Waals surface area (Å²) in [5.41, 5.74) is 3.79. The fourth-order valence-electron chi connectivity index (χ4n) is 1.64. The molecule has 2 aromatic carbocycles. The van der Waals surface area contributed by atoms with Gasteiger partial charge in [0, 0.05) is 0 Å². The highest BCUT2D eigenvalue weighted by molar-refractivity contribution is 5.67. The van der Waals surface area contributed by atoms with E-state index in [9.17, 15) is 0 Å². The summed E-state index contributed by atoms with van der Waals surface area (Å²) in [6.07, 6.45) is 4.18. The molecule has 0 heteroatoms. The zero-order valence-corrected chi connectivity index (χ0v) is 8.85. The number of hydrogen-bond acceptors (Lipinski definition) is 0. The molecule has 0 N–H and O–H groups in total. The number of allylic oxidation sites excluding steroid dienone is 1. The largest absolute Gasteiger partial charge is 0.0871 e. The van der Waals surface area contributed by atoms with E-state index in [2.05, 4.69) is 60.7 Å². The first-order chi connectivity index (χ1) is 7.40. The molecule has 0 nitrogen and oxygen atoms in total. The summed E-state index contributed by atoms with van der Waals surface area (Å²) >= 11 is 0. The average Bonchev–Trinajstić information content (AvgIpc) is 2.31. The van der Waals surface area contributed by atoms with Gasteiger partial charge >= 0.3 is 0 Å². The molecule has 0 aliphatic carbocycles. The summed E-state index contributed by atoms with van der Waals surface area (Å²) in [6.45, 7) is 2.04. The van der Waals surface area contributed by atoms with E-state index in [4.69, 9.17) is 0 Å². The predicted octanol–water partition coefficient (Wildman–Crippen LogP) is 4.39. The Kier molecular flexibility index (Phi) is 2.99. The Morgan fingerprint density at radius 2 is 1.53 bits per heavy atom. The van der Waals surface area contributed by atoms with Crippen LogP contribution in [0.25, 0.3) is 17.2 Å². The van der Waals surface area contributed by atoms with Crippen LogP contribution < -0.4 is 0 Å². The first-order valence-electron chi connectivity index (χ1n) is 5.18. The molecule has 0 fully saturated rings. The minimum atomic E-state index is 1.25. The summed E-state index contributed by atoms with van der Waals surface area (Å²) in [6, 6.07) is 19.0. The van der Waals surface area contributed by atoms with E-state index in [0.717, 1.165) is 0 Å². The summed E-state index contributed by atoms with van der Waals surface area (Å²) in [5.74, 6) is 0. The molecule has 0 aromatic heterocycles. The van der Waals surface area contributed by atoms with Crippen molar-refractivity contribution in [3.63, 3.8) is 0 Å². The quantitative estimate of drug-likeness (QED) is 0.665. The fourth-order valence-corrected chi connectivity index (χ4v) is 1.64. The summed E-state index contributed by atoms with van der Waals surface area (Å²) in [7, 11) is 0. The second-order valence-corrected chi connectivity index (χ2v) is 3.49. The van der Waals surface area contributed by atoms with Gasteiger partial charge in [0.2, 0.25) is 0 Å². The van der Waals surface area contributed by atoms with Crippen molar-refractivity contribution in [2.75, 3.05) is 0 Å². The molecule has 2 aromatic rings. The Morgan fingerprint density at radius 3 is 2.27 bits per heavy atom. The second-order valence-electron chi connectivity index (χ2n) is 3.49. The lowest BCUT2D eigenvalue weighted by atomic mass is 10.0. The van der Waals surface area contributed by atoms with Crippen LogP contribution in [-0.4, -0.2) is 0 Å². The highest BCUT2D eigenvalue weighted by Gasteiger charge is 1.95. The van der Waals surface area contributed by atoms with Crippen molar-refractivity contribution in [3.8, 4) is 11.1 Å². The van der Waals surface area contributed by atoms with Gasteiger partial charge in [-0.05, 0) is 29.7 Å². The fraction of sp³-hybridized carbons (Fsp3) is 0.0667. The zero-order chi connectivity index (χ0) is 10.5. The molecule has 0 spiro atoms. The van der Waals surface area contributed by atoms with Crippen LogP contribution in [-0.2, 0) is 0 Å². The predicted molar refractivity (Wildman–Crippen MR) is 66.6 cm³/mol. The third-order valence-electron chi connectivity index (χ3n) is 2.35. The van der Waals surface area contributed by atoms with Gasteiger partial charge in [-0.2, -0.15) is 0 Å². The molecule has 0 aliphatic rings. The lowest BCUT2D eigenvalue weighted by molar-refractivity contribution is 1.59. The van der Waals surface area contributed by atoms with Crippen LogP contribution in [0.5, 0.6) is 0 Å². The van der Waals surface area contributed by atoms with Gasteiger partial charge in [-0.3, -0.25) is 0 Å². The molecule has 0 radical (unpaired) electrons. The highest BCUT2D eigenvalue weighted by atomic mass is 14.0. The second kappa shape index (κ2) is 4.61. The third kappa shape index (κ3) is 2.35. The van der Waals surface area contributed by atoms with Crippen LogP contribution in [0.4, 0.5) is 0 Å². The van der Waals surface area contributed by atoms with Gasteiger partial charge < -0.3 is 0 Å². The number of hydrogen-bond donors (Lipinski definition) is 0. The maximum atomic E-state index is 2.20. The Bertz CT molecular complexity index is 452. The van der Waals surface area contributed by atoms with Gasteiger partial charge in [-0.1, -0.05) is 60.7 Å². The van der Waals surface area contributed by atoms with E-state index in [-0.39, 0.29) is 0 Å². The SMILES string of the molecule is C/C=C\c1cccc(-c2ccccc2)c1. The normalized spacial score (nSPS) is 10.7. The van der Waals surface area contributed by atoms with Crippen molar-refractivity contribution in [2.45, 2.75) is 6.92 Å². The molecule has 0 unspecified atom stereocenters. The van der Waals surface area contributed by atoms with Crippen LogP contribution >= 0.6 is 0 Å². The highest BCUT2D eigenvalue weighted by Crippen LogP contribution is 2.20. The minimum Gasteiger partial charge on any atom is -0.0871 e. The first kappa shape index (κ1) is 9.72. The Labute approximate surface area is 90.9 Å². The third-order valence-corrected chi connectivity index (χ3v) is 2.35.